The number of hydrogen-bond donors (Lipinski definition) is 2. The maximum absolute atomic E-state index is 14.3. The van der Waals surface area contributed by atoms with Crippen molar-refractivity contribution in [2.45, 2.75) is 58.0 Å². The van der Waals surface area contributed by atoms with E-state index in [0.29, 0.717) is 37.3 Å². The molecule has 176 valence electrons. The predicted molar refractivity (Wildman–Crippen MR) is 108 cm³/mol. The van der Waals surface area contributed by atoms with Crippen LogP contribution in [0.1, 0.15) is 44.3 Å². The van der Waals surface area contributed by atoms with Gasteiger partial charge in [0.15, 0.2) is 11.5 Å². The number of rotatable bonds is 4. The van der Waals surface area contributed by atoms with Crippen molar-refractivity contribution in [3.63, 3.8) is 0 Å². The quantitative estimate of drug-likeness (QED) is 0.641. The number of ether oxygens (including phenoxy) is 1. The lowest BCUT2D eigenvalue weighted by Crippen LogP contribution is -2.44. The van der Waals surface area contributed by atoms with E-state index in [1.165, 1.54) is 0 Å². The van der Waals surface area contributed by atoms with Gasteiger partial charge in [-0.1, -0.05) is 0 Å². The van der Waals surface area contributed by atoms with Crippen molar-refractivity contribution in [3.8, 4) is 10.6 Å². The molecule has 0 unspecified atom stereocenters. The van der Waals surface area contributed by atoms with Crippen LogP contribution in [0.2, 0.25) is 0 Å². The third-order valence-corrected chi connectivity index (χ3v) is 5.56. The van der Waals surface area contributed by atoms with Gasteiger partial charge in [0, 0.05) is 19.1 Å². The zero-order valence-electron chi connectivity index (χ0n) is 17.7. The van der Waals surface area contributed by atoms with Crippen LogP contribution in [0, 0.1) is 5.82 Å². The average molecular weight is 477 g/mol. The Morgan fingerprint density at radius 2 is 1.94 bits per heavy atom. The van der Waals surface area contributed by atoms with Crippen molar-refractivity contribution in [3.05, 3.63) is 22.7 Å². The molecule has 1 saturated heterocycles. The molecular weight excluding hydrogens is 454 g/mol. The van der Waals surface area contributed by atoms with Crippen molar-refractivity contribution in [2.75, 3.05) is 18.4 Å². The molecule has 1 amide bonds. The predicted octanol–water partition coefficient (Wildman–Crippen LogP) is 4.06. The summed E-state index contributed by atoms with van der Waals surface area (Å²) in [7, 11) is 0. The second kappa shape index (κ2) is 9.14. The molecule has 1 fully saturated rings. The summed E-state index contributed by atoms with van der Waals surface area (Å²) in [5.74, 6) is -1.07. The van der Waals surface area contributed by atoms with E-state index in [4.69, 9.17) is 9.84 Å². The average Bonchev–Trinajstić information content (AvgIpc) is 3.13. The summed E-state index contributed by atoms with van der Waals surface area (Å²) in [5, 5.41) is 11.9. The molecule has 1 aliphatic rings. The van der Waals surface area contributed by atoms with Crippen LogP contribution in [0.4, 0.5) is 28.3 Å². The van der Waals surface area contributed by atoms with E-state index in [2.05, 4.69) is 20.3 Å². The zero-order valence-corrected chi connectivity index (χ0v) is 18.5. The van der Waals surface area contributed by atoms with Crippen molar-refractivity contribution in [1.82, 2.24) is 19.9 Å². The monoisotopic (exact) mass is 477 g/mol. The minimum atomic E-state index is -4.83. The van der Waals surface area contributed by atoms with Gasteiger partial charge in [0.2, 0.25) is 5.95 Å². The number of likely N-dealkylation sites (tertiary alicyclic amines) is 1. The number of carbonyl (C=O) groups is 1. The maximum atomic E-state index is 14.3. The number of aliphatic hydroxyl groups is 1. The Labute approximate surface area is 185 Å². The molecule has 0 spiro atoms. The number of amides is 1. The molecule has 0 bridgehead atoms. The third-order valence-electron chi connectivity index (χ3n) is 4.51. The standard InChI is InChI=1S/C19H23F4N5O3S/c1-18(2,3)31-17(30)28-6-4-10(5-7-28)25-16-24-8-11(20)13(27-16)14-15(19(21,22)23)26-12(9-29)32-14/h8,10,29H,4-7,9H2,1-3H3,(H,24,25,27). The van der Waals surface area contributed by atoms with Crippen molar-refractivity contribution >= 4 is 23.4 Å². The molecule has 2 aromatic rings. The van der Waals surface area contributed by atoms with Gasteiger partial charge in [-0.2, -0.15) is 13.2 Å². The number of aromatic nitrogens is 3. The van der Waals surface area contributed by atoms with Gasteiger partial charge in [-0.05, 0) is 33.6 Å². The molecule has 0 atom stereocenters. The van der Waals surface area contributed by atoms with Gasteiger partial charge in [-0.15, -0.1) is 11.3 Å². The highest BCUT2D eigenvalue weighted by molar-refractivity contribution is 7.15. The van der Waals surface area contributed by atoms with Gasteiger partial charge in [-0.3, -0.25) is 0 Å². The van der Waals surface area contributed by atoms with Gasteiger partial charge >= 0.3 is 12.3 Å². The molecule has 13 heteroatoms. The zero-order chi connectivity index (χ0) is 23.7. The van der Waals surface area contributed by atoms with Crippen molar-refractivity contribution in [2.24, 2.45) is 0 Å². The van der Waals surface area contributed by atoms with E-state index in [-0.39, 0.29) is 17.0 Å². The van der Waals surface area contributed by atoms with Crippen molar-refractivity contribution in [1.29, 1.82) is 0 Å². The lowest BCUT2D eigenvalue weighted by atomic mass is 10.1. The second-order valence-corrected chi connectivity index (χ2v) is 9.30. The molecule has 3 rings (SSSR count). The molecule has 32 heavy (non-hydrogen) atoms. The van der Waals surface area contributed by atoms with Crippen LogP contribution in [0.25, 0.3) is 10.6 Å². The number of hydrogen-bond acceptors (Lipinski definition) is 8. The largest absolute Gasteiger partial charge is 0.444 e. The number of aliphatic hydroxyl groups excluding tert-OH is 1. The van der Waals surface area contributed by atoms with Crippen LogP contribution < -0.4 is 5.32 Å². The summed E-state index contributed by atoms with van der Waals surface area (Å²) in [6.07, 6.45) is -3.41. The fourth-order valence-electron chi connectivity index (χ4n) is 3.10. The minimum absolute atomic E-state index is 0.0378. The van der Waals surface area contributed by atoms with Gasteiger partial charge in [-0.25, -0.2) is 24.1 Å². The Balaban J connectivity index is 1.73. The maximum Gasteiger partial charge on any atom is 0.434 e. The Morgan fingerprint density at radius 3 is 2.50 bits per heavy atom. The first-order chi connectivity index (χ1) is 14.9. The molecule has 2 aromatic heterocycles. The molecule has 3 heterocycles. The fourth-order valence-corrected chi connectivity index (χ4v) is 4.03. The van der Waals surface area contributed by atoms with Gasteiger partial charge in [0.1, 0.15) is 16.3 Å². The Hall–Kier alpha value is -2.54. The topological polar surface area (TPSA) is 100 Å². The number of nitrogens with zero attached hydrogens (tertiary/aromatic N) is 4. The molecule has 0 radical (unpaired) electrons. The van der Waals surface area contributed by atoms with Crippen LogP contribution in [-0.4, -0.2) is 55.8 Å². The van der Waals surface area contributed by atoms with Gasteiger partial charge < -0.3 is 20.1 Å². The first-order valence-electron chi connectivity index (χ1n) is 9.82. The van der Waals surface area contributed by atoms with E-state index >= 15 is 0 Å². The smallest absolute Gasteiger partial charge is 0.434 e. The second-order valence-electron chi connectivity index (χ2n) is 8.22. The van der Waals surface area contributed by atoms with Gasteiger partial charge in [0.05, 0.1) is 17.7 Å². The number of nitrogens with one attached hydrogen (secondary N) is 1. The molecule has 1 aliphatic heterocycles. The Bertz CT molecular complexity index is 969. The number of alkyl halides is 3. The molecule has 0 aromatic carbocycles. The minimum Gasteiger partial charge on any atom is -0.444 e. The lowest BCUT2D eigenvalue weighted by molar-refractivity contribution is -0.140. The van der Waals surface area contributed by atoms with E-state index in [9.17, 15) is 22.4 Å². The SMILES string of the molecule is CC(C)(C)OC(=O)N1CCC(Nc2ncc(F)c(-c3sc(CO)nc3C(F)(F)F)n2)CC1. The fraction of sp³-hybridized carbons (Fsp3) is 0.579. The van der Waals surface area contributed by atoms with E-state index in [1.54, 1.807) is 25.7 Å². The Morgan fingerprint density at radius 1 is 1.28 bits per heavy atom. The summed E-state index contributed by atoms with van der Waals surface area (Å²) >= 11 is 0.519. The number of anilines is 1. The summed E-state index contributed by atoms with van der Waals surface area (Å²) in [6, 6.07) is -0.163. The summed E-state index contributed by atoms with van der Waals surface area (Å²) < 4.78 is 59.7. The normalized spacial score (nSPS) is 15.7. The lowest BCUT2D eigenvalue weighted by Gasteiger charge is -2.33. The highest BCUT2D eigenvalue weighted by Gasteiger charge is 2.39. The highest BCUT2D eigenvalue weighted by Crippen LogP contribution is 2.40. The van der Waals surface area contributed by atoms with Crippen LogP contribution in [0.15, 0.2) is 6.20 Å². The summed E-state index contributed by atoms with van der Waals surface area (Å²) in [6.45, 7) is 5.45. The first-order valence-corrected chi connectivity index (χ1v) is 10.6. The van der Waals surface area contributed by atoms with E-state index in [0.717, 1.165) is 6.20 Å². The van der Waals surface area contributed by atoms with Crippen LogP contribution >= 0.6 is 11.3 Å². The molecule has 8 nitrogen and oxygen atoms in total. The molecular formula is C19H23F4N5O3S. The number of halogens is 4. The van der Waals surface area contributed by atoms with E-state index in [1.807, 2.05) is 0 Å². The highest BCUT2D eigenvalue weighted by atomic mass is 32.1. The van der Waals surface area contributed by atoms with Crippen LogP contribution in [0.3, 0.4) is 0 Å². The summed E-state index contributed by atoms with van der Waals surface area (Å²) in [5.41, 5.74) is -2.45. The number of carbonyl (C=O) groups excluding carboxylic acids is 1. The number of thiazole rings is 1. The molecule has 2 N–H and O–H groups in total. The van der Waals surface area contributed by atoms with E-state index < -0.39 is 46.6 Å². The van der Waals surface area contributed by atoms with Crippen molar-refractivity contribution < 1.29 is 32.2 Å². The first kappa shape index (κ1) is 24.1. The van der Waals surface area contributed by atoms with Gasteiger partial charge in [0.25, 0.3) is 0 Å². The van der Waals surface area contributed by atoms with Crippen LogP contribution in [0.5, 0.6) is 0 Å². The Kier molecular flexibility index (Phi) is 6.89. The number of piperidine rings is 1. The van der Waals surface area contributed by atoms with Crippen LogP contribution in [-0.2, 0) is 17.5 Å². The molecule has 0 aliphatic carbocycles. The molecule has 0 saturated carbocycles. The third kappa shape index (κ3) is 5.82. The summed E-state index contributed by atoms with van der Waals surface area (Å²) in [4.78, 5) is 24.3.